The number of aromatic amines is 1. The summed E-state index contributed by atoms with van der Waals surface area (Å²) >= 11 is 0. The average Bonchev–Trinajstić information content (AvgIpc) is 3.29. The van der Waals surface area contributed by atoms with Gasteiger partial charge in [-0.1, -0.05) is 25.0 Å². The van der Waals surface area contributed by atoms with Crippen molar-refractivity contribution in [2.75, 3.05) is 5.32 Å². The number of ether oxygens (including phenoxy) is 2. The second kappa shape index (κ2) is 7.53. The fraction of sp³-hybridized carbons (Fsp3) is 0.389. The maximum atomic E-state index is 12.2. The van der Waals surface area contributed by atoms with Gasteiger partial charge in [-0.25, -0.2) is 4.98 Å². The molecule has 0 amide bonds. The molecular formula is C18H18F3N5O2. The first-order valence-corrected chi connectivity index (χ1v) is 8.91. The molecule has 7 nitrogen and oxygen atoms in total. The molecule has 0 atom stereocenters. The number of nitrogens with zero attached hydrogens (tertiary/aromatic N) is 3. The second-order valence-electron chi connectivity index (χ2n) is 6.57. The van der Waals surface area contributed by atoms with Crippen molar-refractivity contribution >= 4 is 17.1 Å². The number of nitrogens with one attached hydrogen (secondary N) is 2. The third-order valence-electron chi connectivity index (χ3n) is 4.48. The molecule has 1 aliphatic carbocycles. The second-order valence-corrected chi connectivity index (χ2v) is 6.57. The summed E-state index contributed by atoms with van der Waals surface area (Å²) in [6.07, 6.45) is 1.28. The SMILES string of the molecule is FC(F)(F)Oc1ccc(COc2ncnc3nc(NC4CCCC4)[nH]c23)cc1. The number of imidazole rings is 1. The summed E-state index contributed by atoms with van der Waals surface area (Å²) in [5, 5.41) is 3.36. The first kappa shape index (κ1) is 18.3. The molecule has 4 rings (SSSR count). The molecule has 2 N–H and O–H groups in total. The minimum atomic E-state index is -4.71. The smallest absolute Gasteiger partial charge is 0.471 e. The molecule has 0 saturated heterocycles. The molecule has 148 valence electrons. The molecule has 0 bridgehead atoms. The lowest BCUT2D eigenvalue weighted by atomic mass is 10.2. The zero-order chi connectivity index (χ0) is 19.6. The van der Waals surface area contributed by atoms with E-state index in [1.165, 1.54) is 43.4 Å². The largest absolute Gasteiger partial charge is 0.573 e. The van der Waals surface area contributed by atoms with E-state index in [9.17, 15) is 13.2 Å². The van der Waals surface area contributed by atoms with Crippen molar-refractivity contribution in [2.45, 2.75) is 44.7 Å². The van der Waals surface area contributed by atoms with Crippen LogP contribution in [-0.4, -0.2) is 32.3 Å². The average molecular weight is 393 g/mol. The molecule has 0 radical (unpaired) electrons. The van der Waals surface area contributed by atoms with Crippen LogP contribution in [0.4, 0.5) is 19.1 Å². The highest BCUT2D eigenvalue weighted by Gasteiger charge is 2.30. The van der Waals surface area contributed by atoms with Gasteiger partial charge in [0, 0.05) is 6.04 Å². The van der Waals surface area contributed by atoms with Gasteiger partial charge in [-0.3, -0.25) is 0 Å². The molecule has 0 spiro atoms. The van der Waals surface area contributed by atoms with Crippen LogP contribution < -0.4 is 14.8 Å². The van der Waals surface area contributed by atoms with Crippen molar-refractivity contribution in [1.82, 2.24) is 19.9 Å². The van der Waals surface area contributed by atoms with Crippen LogP contribution in [0.2, 0.25) is 0 Å². The predicted molar refractivity (Wildman–Crippen MR) is 95.0 cm³/mol. The molecule has 1 saturated carbocycles. The Bertz CT molecular complexity index is 937. The molecular weight excluding hydrogens is 375 g/mol. The van der Waals surface area contributed by atoms with Gasteiger partial charge in [0.25, 0.3) is 0 Å². The Labute approximate surface area is 158 Å². The van der Waals surface area contributed by atoms with E-state index >= 15 is 0 Å². The summed E-state index contributed by atoms with van der Waals surface area (Å²) in [5.41, 5.74) is 1.73. The lowest BCUT2D eigenvalue weighted by Crippen LogP contribution is -2.17. The Morgan fingerprint density at radius 3 is 2.57 bits per heavy atom. The normalized spacial score (nSPS) is 15.1. The highest BCUT2D eigenvalue weighted by molar-refractivity contribution is 5.78. The van der Waals surface area contributed by atoms with Crippen LogP contribution in [0.3, 0.4) is 0 Å². The van der Waals surface area contributed by atoms with Crippen LogP contribution in [0.15, 0.2) is 30.6 Å². The van der Waals surface area contributed by atoms with Gasteiger partial charge < -0.3 is 19.8 Å². The lowest BCUT2D eigenvalue weighted by Gasteiger charge is -2.10. The van der Waals surface area contributed by atoms with Crippen LogP contribution in [-0.2, 0) is 6.61 Å². The summed E-state index contributed by atoms with van der Waals surface area (Å²) in [7, 11) is 0. The van der Waals surface area contributed by atoms with Crippen molar-refractivity contribution in [3.8, 4) is 11.6 Å². The van der Waals surface area contributed by atoms with E-state index in [0.717, 1.165) is 12.8 Å². The fourth-order valence-corrected chi connectivity index (χ4v) is 3.19. The number of rotatable bonds is 6. The van der Waals surface area contributed by atoms with E-state index < -0.39 is 6.36 Å². The van der Waals surface area contributed by atoms with Gasteiger partial charge in [0.2, 0.25) is 11.8 Å². The summed E-state index contributed by atoms with van der Waals surface area (Å²) in [5.74, 6) is 0.672. The molecule has 1 aromatic carbocycles. The van der Waals surface area contributed by atoms with Crippen LogP contribution >= 0.6 is 0 Å². The van der Waals surface area contributed by atoms with E-state index in [-0.39, 0.29) is 12.4 Å². The third-order valence-corrected chi connectivity index (χ3v) is 4.48. The molecule has 28 heavy (non-hydrogen) atoms. The van der Waals surface area contributed by atoms with Crippen molar-refractivity contribution in [3.63, 3.8) is 0 Å². The van der Waals surface area contributed by atoms with E-state index in [1.807, 2.05) is 0 Å². The van der Waals surface area contributed by atoms with Crippen molar-refractivity contribution in [2.24, 2.45) is 0 Å². The number of H-pyrrole nitrogens is 1. The molecule has 0 unspecified atom stereocenters. The Kier molecular flexibility index (Phi) is 4.93. The van der Waals surface area contributed by atoms with Gasteiger partial charge in [-0.05, 0) is 30.5 Å². The summed E-state index contributed by atoms with van der Waals surface area (Å²) in [6.45, 7) is 0.128. The number of fused-ring (bicyclic) bond motifs is 1. The number of alkyl halides is 3. The standard InChI is InChI=1S/C18H18F3N5O2/c19-18(20,21)28-13-7-5-11(6-8-13)9-27-16-14-15(22-10-23-16)26-17(25-14)24-12-3-1-2-4-12/h5-8,10,12H,1-4,9H2,(H2,22,23,24,25,26). The number of anilines is 1. The summed E-state index contributed by atoms with van der Waals surface area (Å²) in [6, 6.07) is 5.87. The van der Waals surface area contributed by atoms with Crippen LogP contribution in [0.5, 0.6) is 11.6 Å². The maximum absolute atomic E-state index is 12.2. The zero-order valence-corrected chi connectivity index (χ0v) is 14.8. The minimum absolute atomic E-state index is 0.128. The Morgan fingerprint density at radius 2 is 1.86 bits per heavy atom. The van der Waals surface area contributed by atoms with Gasteiger partial charge in [0.1, 0.15) is 24.2 Å². The highest BCUT2D eigenvalue weighted by atomic mass is 19.4. The van der Waals surface area contributed by atoms with Crippen molar-refractivity contribution < 1.29 is 22.6 Å². The van der Waals surface area contributed by atoms with Crippen molar-refractivity contribution in [1.29, 1.82) is 0 Å². The van der Waals surface area contributed by atoms with Gasteiger partial charge >= 0.3 is 6.36 Å². The quantitative estimate of drug-likeness (QED) is 0.653. The van der Waals surface area contributed by atoms with Crippen LogP contribution in [0.25, 0.3) is 11.2 Å². The number of benzene rings is 1. The first-order valence-electron chi connectivity index (χ1n) is 8.91. The third kappa shape index (κ3) is 4.44. The summed E-state index contributed by atoms with van der Waals surface area (Å²) < 4.78 is 46.2. The number of halogens is 3. The van der Waals surface area contributed by atoms with E-state index in [2.05, 4.69) is 30.0 Å². The lowest BCUT2D eigenvalue weighted by molar-refractivity contribution is -0.274. The van der Waals surface area contributed by atoms with E-state index in [0.29, 0.717) is 34.6 Å². The Morgan fingerprint density at radius 1 is 1.11 bits per heavy atom. The van der Waals surface area contributed by atoms with E-state index in [1.54, 1.807) is 0 Å². The Hall–Kier alpha value is -3.04. The first-order chi connectivity index (χ1) is 13.5. The predicted octanol–water partition coefficient (Wildman–Crippen LogP) is 4.19. The fourth-order valence-electron chi connectivity index (χ4n) is 3.19. The molecule has 2 aromatic heterocycles. The monoisotopic (exact) mass is 393 g/mol. The molecule has 0 aliphatic heterocycles. The number of aromatic nitrogens is 4. The Balaban J connectivity index is 1.43. The number of hydrogen-bond acceptors (Lipinski definition) is 6. The topological polar surface area (TPSA) is 84.9 Å². The maximum Gasteiger partial charge on any atom is 0.573 e. The zero-order valence-electron chi connectivity index (χ0n) is 14.8. The highest BCUT2D eigenvalue weighted by Crippen LogP contribution is 2.26. The van der Waals surface area contributed by atoms with Crippen LogP contribution in [0, 0.1) is 0 Å². The van der Waals surface area contributed by atoms with Crippen molar-refractivity contribution in [3.05, 3.63) is 36.2 Å². The molecule has 3 aromatic rings. The van der Waals surface area contributed by atoms with Gasteiger partial charge in [-0.15, -0.1) is 13.2 Å². The van der Waals surface area contributed by atoms with Crippen LogP contribution in [0.1, 0.15) is 31.2 Å². The molecule has 1 fully saturated rings. The minimum Gasteiger partial charge on any atom is -0.471 e. The number of hydrogen-bond donors (Lipinski definition) is 2. The molecule has 1 aliphatic rings. The summed E-state index contributed by atoms with van der Waals surface area (Å²) in [4.78, 5) is 15.8. The molecule has 10 heteroatoms. The van der Waals surface area contributed by atoms with E-state index in [4.69, 9.17) is 4.74 Å². The van der Waals surface area contributed by atoms with Gasteiger partial charge in [0.15, 0.2) is 5.65 Å². The molecule has 2 heterocycles. The van der Waals surface area contributed by atoms with Gasteiger partial charge in [0.05, 0.1) is 0 Å². The van der Waals surface area contributed by atoms with Gasteiger partial charge in [-0.2, -0.15) is 9.97 Å².